The number of nitrogens with zero attached hydrogens (tertiary/aromatic N) is 2. The Morgan fingerprint density at radius 3 is 2.62 bits per heavy atom. The van der Waals surface area contributed by atoms with Crippen LogP contribution < -0.4 is 10.1 Å². The average Bonchev–Trinajstić information content (AvgIpc) is 3.19. The third-order valence-corrected chi connectivity index (χ3v) is 5.00. The molecule has 0 fully saturated rings. The Kier molecular flexibility index (Phi) is 5.24. The zero-order chi connectivity index (χ0) is 20.2. The lowest BCUT2D eigenvalue weighted by atomic mass is 9.90. The molecule has 0 aliphatic carbocycles. The molecule has 0 radical (unpaired) electrons. The minimum Gasteiger partial charge on any atom is -0.497 e. The Morgan fingerprint density at radius 1 is 1.10 bits per heavy atom. The van der Waals surface area contributed by atoms with Crippen molar-refractivity contribution >= 4 is 16.8 Å². The van der Waals surface area contributed by atoms with Gasteiger partial charge in [-0.15, -0.1) is 0 Å². The van der Waals surface area contributed by atoms with E-state index in [4.69, 9.17) is 4.74 Å². The van der Waals surface area contributed by atoms with Crippen LogP contribution in [-0.4, -0.2) is 34.5 Å². The number of H-pyrrole nitrogens is 1. The van der Waals surface area contributed by atoms with Gasteiger partial charge in [-0.2, -0.15) is 0 Å². The number of aromatic nitrogens is 3. The Bertz CT molecular complexity index is 1120. The minimum absolute atomic E-state index is 0.0283. The van der Waals surface area contributed by atoms with E-state index in [0.29, 0.717) is 12.2 Å². The van der Waals surface area contributed by atoms with Crippen LogP contribution >= 0.6 is 0 Å². The fraction of sp³-hybridized carbons (Fsp3) is 0.174. The van der Waals surface area contributed by atoms with Gasteiger partial charge in [-0.1, -0.05) is 30.3 Å². The molecule has 0 spiro atoms. The zero-order valence-corrected chi connectivity index (χ0v) is 16.3. The quantitative estimate of drug-likeness (QED) is 0.528. The molecule has 2 aromatic carbocycles. The van der Waals surface area contributed by atoms with E-state index >= 15 is 0 Å². The molecule has 2 N–H and O–H groups in total. The van der Waals surface area contributed by atoms with Crippen LogP contribution in [0.2, 0.25) is 0 Å². The van der Waals surface area contributed by atoms with Gasteiger partial charge in [0.15, 0.2) is 0 Å². The van der Waals surface area contributed by atoms with Crippen molar-refractivity contribution in [3.63, 3.8) is 0 Å². The Morgan fingerprint density at radius 2 is 1.90 bits per heavy atom. The molecule has 0 saturated heterocycles. The average molecular weight is 386 g/mol. The van der Waals surface area contributed by atoms with Crippen molar-refractivity contribution in [3.05, 3.63) is 89.6 Å². The number of carbonyl (C=O) groups excluding carboxylic acids is 1. The summed E-state index contributed by atoms with van der Waals surface area (Å²) in [6, 6.07) is 16.1. The maximum Gasteiger partial charge on any atom is 0.271 e. The highest BCUT2D eigenvalue weighted by Crippen LogP contribution is 2.31. The number of aryl methyl sites for hydroxylation is 1. The molecule has 1 atom stereocenters. The third-order valence-electron chi connectivity index (χ3n) is 5.00. The molecule has 6 heteroatoms. The normalized spacial score (nSPS) is 11.9. The fourth-order valence-corrected chi connectivity index (χ4v) is 3.42. The van der Waals surface area contributed by atoms with E-state index in [-0.39, 0.29) is 11.8 Å². The summed E-state index contributed by atoms with van der Waals surface area (Å²) in [4.78, 5) is 24.2. The molecular weight excluding hydrogens is 364 g/mol. The Hall–Kier alpha value is -3.67. The monoisotopic (exact) mass is 386 g/mol. The molecule has 4 rings (SSSR count). The van der Waals surface area contributed by atoms with E-state index in [0.717, 1.165) is 33.5 Å². The summed E-state index contributed by atoms with van der Waals surface area (Å²) in [5, 5.41) is 4.15. The number of methoxy groups -OCH3 is 1. The summed E-state index contributed by atoms with van der Waals surface area (Å²) >= 11 is 0. The number of rotatable bonds is 6. The van der Waals surface area contributed by atoms with Crippen LogP contribution in [0, 0.1) is 6.92 Å². The van der Waals surface area contributed by atoms with Crippen LogP contribution in [0.5, 0.6) is 5.75 Å². The largest absolute Gasteiger partial charge is 0.497 e. The molecule has 1 amide bonds. The molecule has 0 bridgehead atoms. The minimum atomic E-state index is -0.240. The predicted octanol–water partition coefficient (Wildman–Crippen LogP) is 3.84. The SMILES string of the molecule is COc1ccc([C@H](CNC(=O)c2cnc(C)cn2)c2c[nH]c3ccccc23)cc1. The predicted molar refractivity (Wildman–Crippen MR) is 112 cm³/mol. The van der Waals surface area contributed by atoms with Gasteiger partial charge in [-0.05, 0) is 36.2 Å². The molecule has 2 heterocycles. The first-order valence-corrected chi connectivity index (χ1v) is 9.42. The van der Waals surface area contributed by atoms with E-state index in [2.05, 4.69) is 26.3 Å². The first kappa shape index (κ1) is 18.7. The molecule has 0 unspecified atom stereocenters. The van der Waals surface area contributed by atoms with Gasteiger partial charge in [0, 0.05) is 35.8 Å². The van der Waals surface area contributed by atoms with Crippen LogP contribution in [0.25, 0.3) is 10.9 Å². The van der Waals surface area contributed by atoms with Gasteiger partial charge in [0.2, 0.25) is 0 Å². The number of carbonyl (C=O) groups is 1. The number of nitrogens with one attached hydrogen (secondary N) is 2. The molecule has 0 saturated carbocycles. The summed E-state index contributed by atoms with van der Waals surface area (Å²) in [6.45, 7) is 2.27. The topological polar surface area (TPSA) is 79.9 Å². The first-order valence-electron chi connectivity index (χ1n) is 9.42. The van der Waals surface area contributed by atoms with Crippen molar-refractivity contribution in [1.29, 1.82) is 0 Å². The van der Waals surface area contributed by atoms with Gasteiger partial charge in [-0.25, -0.2) is 4.98 Å². The summed E-state index contributed by atoms with van der Waals surface area (Å²) in [7, 11) is 1.65. The van der Waals surface area contributed by atoms with E-state index < -0.39 is 0 Å². The second kappa shape index (κ2) is 8.14. The first-order chi connectivity index (χ1) is 14.2. The van der Waals surface area contributed by atoms with Gasteiger partial charge in [0.25, 0.3) is 5.91 Å². The lowest BCUT2D eigenvalue weighted by molar-refractivity contribution is 0.0947. The van der Waals surface area contributed by atoms with E-state index in [9.17, 15) is 4.79 Å². The highest BCUT2D eigenvalue weighted by molar-refractivity contribution is 5.92. The summed E-state index contributed by atoms with van der Waals surface area (Å²) in [5.41, 5.74) is 4.36. The van der Waals surface area contributed by atoms with Crippen molar-refractivity contribution in [3.8, 4) is 5.75 Å². The van der Waals surface area contributed by atoms with Crippen LogP contribution in [0.4, 0.5) is 0 Å². The summed E-state index contributed by atoms with van der Waals surface area (Å²) in [5.74, 6) is 0.528. The number of ether oxygens (including phenoxy) is 1. The van der Waals surface area contributed by atoms with E-state index in [1.54, 1.807) is 13.3 Å². The summed E-state index contributed by atoms with van der Waals surface area (Å²) < 4.78 is 5.28. The smallest absolute Gasteiger partial charge is 0.271 e. The molecule has 4 aromatic rings. The maximum atomic E-state index is 12.6. The zero-order valence-electron chi connectivity index (χ0n) is 16.3. The molecule has 6 nitrogen and oxygen atoms in total. The van der Waals surface area contributed by atoms with Crippen molar-refractivity contribution < 1.29 is 9.53 Å². The van der Waals surface area contributed by atoms with Crippen LogP contribution in [0.1, 0.15) is 33.2 Å². The van der Waals surface area contributed by atoms with Gasteiger partial charge < -0.3 is 15.0 Å². The highest BCUT2D eigenvalue weighted by atomic mass is 16.5. The molecule has 0 aliphatic rings. The second-order valence-electron chi connectivity index (χ2n) is 6.87. The van der Waals surface area contributed by atoms with E-state index in [1.807, 2.05) is 55.6 Å². The van der Waals surface area contributed by atoms with Crippen LogP contribution in [-0.2, 0) is 0 Å². The van der Waals surface area contributed by atoms with Gasteiger partial charge in [0.1, 0.15) is 11.4 Å². The Labute approximate surface area is 169 Å². The number of hydrogen-bond acceptors (Lipinski definition) is 4. The number of para-hydroxylation sites is 1. The van der Waals surface area contributed by atoms with Crippen LogP contribution in [0.15, 0.2) is 67.1 Å². The molecule has 2 aromatic heterocycles. The van der Waals surface area contributed by atoms with Crippen LogP contribution in [0.3, 0.4) is 0 Å². The second-order valence-corrected chi connectivity index (χ2v) is 6.87. The van der Waals surface area contributed by atoms with Crippen molar-refractivity contribution in [2.45, 2.75) is 12.8 Å². The maximum absolute atomic E-state index is 12.6. The number of aromatic amines is 1. The lowest BCUT2D eigenvalue weighted by Crippen LogP contribution is -2.29. The summed E-state index contributed by atoms with van der Waals surface area (Å²) in [6.07, 6.45) is 5.10. The van der Waals surface area contributed by atoms with Gasteiger partial charge >= 0.3 is 0 Å². The third kappa shape index (κ3) is 3.96. The molecular formula is C23H22N4O2. The fourth-order valence-electron chi connectivity index (χ4n) is 3.42. The molecule has 29 heavy (non-hydrogen) atoms. The Balaban J connectivity index is 1.64. The van der Waals surface area contributed by atoms with Crippen molar-refractivity contribution in [1.82, 2.24) is 20.3 Å². The van der Waals surface area contributed by atoms with Gasteiger partial charge in [0.05, 0.1) is 19.0 Å². The molecule has 146 valence electrons. The number of fused-ring (bicyclic) bond motifs is 1. The van der Waals surface area contributed by atoms with Crippen molar-refractivity contribution in [2.75, 3.05) is 13.7 Å². The van der Waals surface area contributed by atoms with Gasteiger partial charge in [-0.3, -0.25) is 9.78 Å². The molecule has 0 aliphatic heterocycles. The number of benzene rings is 2. The number of hydrogen-bond donors (Lipinski definition) is 2. The lowest BCUT2D eigenvalue weighted by Gasteiger charge is -2.18. The van der Waals surface area contributed by atoms with Crippen molar-refractivity contribution in [2.24, 2.45) is 0 Å². The number of amides is 1. The standard InChI is InChI=1S/C23H22N4O2/c1-15-11-25-22(14-24-15)23(28)27-12-19(16-7-9-17(29-2)10-8-16)20-13-26-21-6-4-3-5-18(20)21/h3-11,13-14,19,26H,12H2,1-2H3,(H,27,28)/t19-/m0/s1. The van der Waals surface area contributed by atoms with E-state index in [1.165, 1.54) is 6.20 Å². The highest BCUT2D eigenvalue weighted by Gasteiger charge is 2.20.